The summed E-state index contributed by atoms with van der Waals surface area (Å²) in [4.78, 5) is 53.1. The third-order valence-electron chi connectivity index (χ3n) is 6.12. The van der Waals surface area contributed by atoms with Gasteiger partial charge in [0.15, 0.2) is 0 Å². The molecule has 3 rings (SSSR count). The van der Waals surface area contributed by atoms with E-state index in [1.54, 1.807) is 10.6 Å². The molecule has 0 saturated carbocycles. The molecule has 0 atom stereocenters. The Labute approximate surface area is 203 Å². The molecule has 0 saturated heterocycles. The van der Waals surface area contributed by atoms with Crippen molar-refractivity contribution in [3.8, 4) is 5.69 Å². The molecule has 10 nitrogen and oxygen atoms in total. The number of aromatic nitrogens is 2. The predicted molar refractivity (Wildman–Crippen MR) is 134 cm³/mol. The number of hydrogen-bond donors (Lipinski definition) is 1. The van der Waals surface area contributed by atoms with Gasteiger partial charge in [-0.05, 0) is 62.7 Å². The average Bonchev–Trinajstić information content (AvgIpc) is 3.15. The minimum absolute atomic E-state index is 0.186. The largest absolute Gasteiger partial charge is 0.465 e. The quantitative estimate of drug-likeness (QED) is 0.494. The van der Waals surface area contributed by atoms with E-state index in [-0.39, 0.29) is 17.7 Å². The zero-order chi connectivity index (χ0) is 25.9. The Kier molecular flexibility index (Phi) is 7.63. The molecule has 0 bridgehead atoms. The van der Waals surface area contributed by atoms with Gasteiger partial charge in [-0.1, -0.05) is 0 Å². The lowest BCUT2D eigenvalue weighted by Gasteiger charge is -2.21. The second-order valence-corrected chi connectivity index (χ2v) is 8.01. The van der Waals surface area contributed by atoms with Crippen molar-refractivity contribution in [1.29, 1.82) is 0 Å². The van der Waals surface area contributed by atoms with Crippen LogP contribution in [0.15, 0.2) is 41.2 Å². The fraction of sp³-hybridized carbons (Fsp3) is 0.360. The fourth-order valence-electron chi connectivity index (χ4n) is 4.20. The monoisotopic (exact) mass is 481 g/mol. The Balaban J connectivity index is 2.28. The van der Waals surface area contributed by atoms with E-state index in [1.165, 1.54) is 24.8 Å². The third kappa shape index (κ3) is 4.77. The van der Waals surface area contributed by atoms with Gasteiger partial charge in [0.2, 0.25) is 5.91 Å². The number of hydrogen-bond acceptors (Lipinski definition) is 6. The zero-order valence-electron chi connectivity index (χ0n) is 20.7. The SMILES string of the molecule is CCN(CC)c1ccc(-n2c(=O)n(CC)c3c(CC(=O)N(C)C(N)=O)cc(C(=O)OC)cc32)cc1. The van der Waals surface area contributed by atoms with Crippen LogP contribution in [0.2, 0.25) is 0 Å². The second kappa shape index (κ2) is 10.5. The number of methoxy groups -OCH3 is 1. The van der Waals surface area contributed by atoms with E-state index in [0.717, 1.165) is 23.7 Å². The highest BCUT2D eigenvalue weighted by Crippen LogP contribution is 2.26. The fourth-order valence-corrected chi connectivity index (χ4v) is 4.20. The molecule has 0 fully saturated rings. The first kappa shape index (κ1) is 25.5. The van der Waals surface area contributed by atoms with Crippen LogP contribution in [0.4, 0.5) is 10.5 Å². The smallest absolute Gasteiger partial charge is 0.337 e. The van der Waals surface area contributed by atoms with Crippen LogP contribution in [0.5, 0.6) is 0 Å². The van der Waals surface area contributed by atoms with Gasteiger partial charge in [0, 0.05) is 32.4 Å². The summed E-state index contributed by atoms with van der Waals surface area (Å²) in [7, 11) is 2.54. The van der Waals surface area contributed by atoms with Crippen LogP contribution < -0.4 is 16.3 Å². The average molecular weight is 482 g/mol. The number of fused-ring (bicyclic) bond motifs is 1. The van der Waals surface area contributed by atoms with E-state index in [2.05, 4.69) is 18.7 Å². The first-order valence-corrected chi connectivity index (χ1v) is 11.5. The van der Waals surface area contributed by atoms with Gasteiger partial charge in [-0.15, -0.1) is 0 Å². The Morgan fingerprint density at radius 2 is 1.66 bits per heavy atom. The minimum Gasteiger partial charge on any atom is -0.465 e. The van der Waals surface area contributed by atoms with Crippen LogP contribution in [-0.4, -0.2) is 59.2 Å². The number of imidazole rings is 1. The molecule has 1 heterocycles. The van der Waals surface area contributed by atoms with E-state index >= 15 is 0 Å². The highest BCUT2D eigenvalue weighted by Gasteiger charge is 2.23. The van der Waals surface area contributed by atoms with Gasteiger partial charge in [-0.3, -0.25) is 18.8 Å². The lowest BCUT2D eigenvalue weighted by Crippen LogP contribution is -2.38. The van der Waals surface area contributed by atoms with E-state index < -0.39 is 17.9 Å². The Morgan fingerprint density at radius 1 is 1.03 bits per heavy atom. The summed E-state index contributed by atoms with van der Waals surface area (Å²) in [6.45, 7) is 8.01. The minimum atomic E-state index is -0.894. The number of imide groups is 1. The van der Waals surface area contributed by atoms with Gasteiger partial charge >= 0.3 is 17.7 Å². The molecule has 3 aromatic rings. The molecule has 0 spiro atoms. The maximum Gasteiger partial charge on any atom is 0.337 e. The number of esters is 1. The Hall–Kier alpha value is -4.08. The molecule has 10 heteroatoms. The summed E-state index contributed by atoms with van der Waals surface area (Å²) < 4.78 is 7.96. The lowest BCUT2D eigenvalue weighted by molar-refractivity contribution is -0.126. The summed E-state index contributed by atoms with van der Waals surface area (Å²) >= 11 is 0. The molecule has 186 valence electrons. The van der Waals surface area contributed by atoms with Crippen LogP contribution in [-0.2, 0) is 22.5 Å². The first-order valence-electron chi connectivity index (χ1n) is 11.5. The molecular formula is C25H31N5O5. The highest BCUT2D eigenvalue weighted by molar-refractivity contribution is 5.99. The lowest BCUT2D eigenvalue weighted by atomic mass is 10.0. The van der Waals surface area contributed by atoms with Crippen LogP contribution in [0.25, 0.3) is 16.7 Å². The number of carbonyl (C=O) groups excluding carboxylic acids is 3. The molecule has 0 unspecified atom stereocenters. The van der Waals surface area contributed by atoms with Crippen molar-refractivity contribution in [2.24, 2.45) is 5.73 Å². The van der Waals surface area contributed by atoms with Crippen LogP contribution in [0.3, 0.4) is 0 Å². The van der Waals surface area contributed by atoms with Crippen LogP contribution in [0.1, 0.15) is 36.7 Å². The van der Waals surface area contributed by atoms with Crippen molar-refractivity contribution in [3.63, 3.8) is 0 Å². The van der Waals surface area contributed by atoms with Crippen molar-refractivity contribution in [2.45, 2.75) is 33.7 Å². The summed E-state index contributed by atoms with van der Waals surface area (Å²) in [6.07, 6.45) is -0.231. The molecule has 2 aromatic carbocycles. The number of urea groups is 1. The number of amides is 3. The molecule has 3 amide bonds. The number of nitrogens with zero attached hydrogens (tertiary/aromatic N) is 4. The van der Waals surface area contributed by atoms with Gasteiger partial charge in [-0.25, -0.2) is 14.4 Å². The number of anilines is 1. The summed E-state index contributed by atoms with van der Waals surface area (Å²) in [5.74, 6) is -1.17. The molecule has 0 aliphatic rings. The highest BCUT2D eigenvalue weighted by atomic mass is 16.5. The number of primary amides is 1. The Bertz CT molecular complexity index is 1320. The van der Waals surface area contributed by atoms with Crippen LogP contribution >= 0.6 is 0 Å². The van der Waals surface area contributed by atoms with E-state index in [1.807, 2.05) is 31.2 Å². The van der Waals surface area contributed by atoms with E-state index in [4.69, 9.17) is 10.5 Å². The number of carbonyl (C=O) groups is 3. The van der Waals surface area contributed by atoms with Crippen molar-refractivity contribution in [1.82, 2.24) is 14.0 Å². The van der Waals surface area contributed by atoms with Crippen molar-refractivity contribution >= 4 is 34.6 Å². The molecular weight excluding hydrogens is 450 g/mol. The molecule has 2 N–H and O–H groups in total. The van der Waals surface area contributed by atoms with Gasteiger partial charge < -0.3 is 15.4 Å². The Morgan fingerprint density at radius 3 is 2.17 bits per heavy atom. The number of benzene rings is 2. The summed E-state index contributed by atoms with van der Waals surface area (Å²) in [5, 5.41) is 0. The van der Waals surface area contributed by atoms with E-state index in [9.17, 15) is 19.2 Å². The van der Waals surface area contributed by atoms with Gasteiger partial charge in [-0.2, -0.15) is 0 Å². The van der Waals surface area contributed by atoms with Crippen molar-refractivity contribution in [3.05, 3.63) is 58.0 Å². The van der Waals surface area contributed by atoms with Crippen molar-refractivity contribution in [2.75, 3.05) is 32.1 Å². The number of aryl methyl sites for hydroxylation is 1. The van der Waals surface area contributed by atoms with Gasteiger partial charge in [0.25, 0.3) is 0 Å². The standard InChI is InChI=1S/C25H31N5O5/c1-6-28(7-2)18-9-11-19(12-10-18)30-20-14-17(23(32)35-5)13-16(15-21(31)27(4)24(26)33)22(20)29(8-3)25(30)34/h9-14H,6-8,15H2,1-5H3,(H2,26,33). The molecule has 0 aliphatic heterocycles. The molecule has 0 radical (unpaired) electrons. The zero-order valence-corrected chi connectivity index (χ0v) is 20.7. The second-order valence-electron chi connectivity index (χ2n) is 8.01. The van der Waals surface area contributed by atoms with E-state index in [0.29, 0.717) is 28.8 Å². The number of rotatable bonds is 8. The number of nitrogens with two attached hydrogens (primary N) is 1. The molecule has 35 heavy (non-hydrogen) atoms. The number of ether oxygens (including phenoxy) is 1. The molecule has 0 aliphatic carbocycles. The summed E-state index contributed by atoms with van der Waals surface area (Å²) in [6, 6.07) is 9.80. The van der Waals surface area contributed by atoms with Crippen LogP contribution in [0, 0.1) is 0 Å². The first-order chi connectivity index (χ1) is 16.7. The third-order valence-corrected chi connectivity index (χ3v) is 6.12. The topological polar surface area (TPSA) is 120 Å². The predicted octanol–water partition coefficient (Wildman–Crippen LogP) is 2.52. The normalized spacial score (nSPS) is 10.9. The molecule has 1 aromatic heterocycles. The van der Waals surface area contributed by atoms with Gasteiger partial charge in [0.05, 0.1) is 35.8 Å². The number of likely N-dealkylation sites (N-methyl/N-ethyl adjacent to an activating group) is 1. The van der Waals surface area contributed by atoms with Gasteiger partial charge in [0.1, 0.15) is 0 Å². The summed E-state index contributed by atoms with van der Waals surface area (Å²) in [5.41, 5.74) is 8.15. The maximum atomic E-state index is 13.5. The van der Waals surface area contributed by atoms with Crippen molar-refractivity contribution < 1.29 is 19.1 Å². The maximum absolute atomic E-state index is 13.5.